The largest absolute Gasteiger partial charge is 0.466 e. The lowest BCUT2D eigenvalue weighted by Gasteiger charge is -2.37. The number of unbranched alkanes of at least 4 members (excludes halogenated alkanes) is 1. The first-order valence-corrected chi connectivity index (χ1v) is 12.1. The highest BCUT2D eigenvalue weighted by atomic mass is 16.6. The molecular formula is C25H48O5. The van der Waals surface area contributed by atoms with Gasteiger partial charge in [-0.15, -0.1) is 0 Å². The lowest BCUT2D eigenvalue weighted by Crippen LogP contribution is -2.38. The fourth-order valence-corrected chi connectivity index (χ4v) is 4.49. The summed E-state index contributed by atoms with van der Waals surface area (Å²) >= 11 is 0. The van der Waals surface area contributed by atoms with Crippen molar-refractivity contribution in [2.75, 3.05) is 6.61 Å². The molecule has 178 valence electrons. The predicted octanol–water partition coefficient (Wildman–Crippen LogP) is 6.06. The topological polar surface area (TPSA) is 72.8 Å². The molecule has 0 aromatic heterocycles. The third kappa shape index (κ3) is 12.6. The van der Waals surface area contributed by atoms with Crippen LogP contribution in [-0.2, 0) is 19.1 Å². The fraction of sp³-hybridized carbons (Fsp3) is 0.920. The zero-order chi connectivity index (χ0) is 23.2. The molecule has 0 aliphatic heterocycles. The van der Waals surface area contributed by atoms with Gasteiger partial charge in [0.25, 0.3) is 0 Å². The average molecular weight is 429 g/mol. The van der Waals surface area contributed by atoms with Gasteiger partial charge in [0.1, 0.15) is 6.10 Å². The summed E-state index contributed by atoms with van der Waals surface area (Å²) in [6.45, 7) is 13.9. The van der Waals surface area contributed by atoms with E-state index in [4.69, 9.17) is 9.47 Å². The van der Waals surface area contributed by atoms with Crippen LogP contribution in [0.25, 0.3) is 0 Å². The molecule has 0 amide bonds. The van der Waals surface area contributed by atoms with Crippen molar-refractivity contribution in [3.63, 3.8) is 0 Å². The van der Waals surface area contributed by atoms with Gasteiger partial charge in [0.2, 0.25) is 0 Å². The molecule has 0 spiro atoms. The summed E-state index contributed by atoms with van der Waals surface area (Å²) in [6, 6.07) is 0. The van der Waals surface area contributed by atoms with Gasteiger partial charge in [-0.05, 0) is 49.9 Å². The zero-order valence-electron chi connectivity index (χ0n) is 20.7. The van der Waals surface area contributed by atoms with E-state index in [-0.39, 0.29) is 30.6 Å². The number of aliphatic hydroxyl groups is 1. The lowest BCUT2D eigenvalue weighted by molar-refractivity contribution is -0.153. The molecular weight excluding hydrogens is 380 g/mol. The highest BCUT2D eigenvalue weighted by molar-refractivity contribution is 5.66. The smallest absolute Gasteiger partial charge is 0.302 e. The Kier molecular flexibility index (Phi) is 15.1. The Morgan fingerprint density at radius 1 is 0.967 bits per heavy atom. The molecule has 0 fully saturated rings. The van der Waals surface area contributed by atoms with E-state index >= 15 is 0 Å². The van der Waals surface area contributed by atoms with E-state index < -0.39 is 5.60 Å². The first-order valence-electron chi connectivity index (χ1n) is 12.1. The monoisotopic (exact) mass is 428 g/mol. The number of esters is 2. The number of hydrogen-bond donors (Lipinski definition) is 1. The zero-order valence-corrected chi connectivity index (χ0v) is 20.7. The van der Waals surface area contributed by atoms with Crippen molar-refractivity contribution < 1.29 is 24.2 Å². The summed E-state index contributed by atoms with van der Waals surface area (Å²) in [7, 11) is 0. The van der Waals surface area contributed by atoms with E-state index in [2.05, 4.69) is 27.7 Å². The van der Waals surface area contributed by atoms with Gasteiger partial charge in [0.15, 0.2) is 0 Å². The van der Waals surface area contributed by atoms with Gasteiger partial charge < -0.3 is 14.6 Å². The molecule has 0 aromatic rings. The Labute approximate surface area is 185 Å². The first kappa shape index (κ1) is 28.9. The van der Waals surface area contributed by atoms with Crippen molar-refractivity contribution >= 4 is 11.9 Å². The van der Waals surface area contributed by atoms with E-state index in [1.807, 2.05) is 6.92 Å². The maximum atomic E-state index is 11.6. The van der Waals surface area contributed by atoms with Gasteiger partial charge in [-0.25, -0.2) is 0 Å². The molecule has 0 rings (SSSR count). The van der Waals surface area contributed by atoms with Gasteiger partial charge in [-0.2, -0.15) is 0 Å². The van der Waals surface area contributed by atoms with E-state index in [9.17, 15) is 14.7 Å². The van der Waals surface area contributed by atoms with E-state index in [1.165, 1.54) is 33.1 Å². The van der Waals surface area contributed by atoms with Gasteiger partial charge in [-0.1, -0.05) is 60.3 Å². The van der Waals surface area contributed by atoms with Gasteiger partial charge in [0.05, 0.1) is 12.2 Å². The lowest BCUT2D eigenvalue weighted by atomic mass is 9.75. The summed E-state index contributed by atoms with van der Waals surface area (Å²) in [5.74, 6) is 0.530. The maximum Gasteiger partial charge on any atom is 0.302 e. The summed E-state index contributed by atoms with van der Waals surface area (Å²) in [6.07, 6.45) is 8.91. The molecule has 0 heterocycles. The molecule has 5 heteroatoms. The van der Waals surface area contributed by atoms with E-state index in [0.29, 0.717) is 31.1 Å². The van der Waals surface area contributed by atoms with Crippen LogP contribution in [0.2, 0.25) is 0 Å². The molecule has 5 atom stereocenters. The van der Waals surface area contributed by atoms with E-state index in [0.717, 1.165) is 25.7 Å². The molecule has 0 radical (unpaired) electrons. The minimum Gasteiger partial charge on any atom is -0.466 e. The van der Waals surface area contributed by atoms with Crippen molar-refractivity contribution in [3.05, 3.63) is 0 Å². The van der Waals surface area contributed by atoms with Gasteiger partial charge in [-0.3, -0.25) is 9.59 Å². The second-order valence-corrected chi connectivity index (χ2v) is 9.19. The second kappa shape index (κ2) is 15.7. The normalized spacial score (nSPS) is 17.5. The number of ether oxygens (including phenoxy) is 2. The van der Waals surface area contributed by atoms with E-state index in [1.54, 1.807) is 0 Å². The van der Waals surface area contributed by atoms with Crippen molar-refractivity contribution in [2.45, 2.75) is 124 Å². The van der Waals surface area contributed by atoms with Crippen LogP contribution in [-0.4, -0.2) is 35.4 Å². The van der Waals surface area contributed by atoms with Crippen molar-refractivity contribution in [2.24, 2.45) is 17.8 Å². The molecule has 0 aliphatic rings. The van der Waals surface area contributed by atoms with Crippen LogP contribution in [0.15, 0.2) is 0 Å². The van der Waals surface area contributed by atoms with Crippen molar-refractivity contribution in [3.8, 4) is 0 Å². The summed E-state index contributed by atoms with van der Waals surface area (Å²) in [5, 5.41) is 11.5. The van der Waals surface area contributed by atoms with Gasteiger partial charge >= 0.3 is 11.9 Å². The first-order chi connectivity index (χ1) is 14.1. The predicted molar refractivity (Wildman–Crippen MR) is 122 cm³/mol. The average Bonchev–Trinajstić information content (AvgIpc) is 2.68. The van der Waals surface area contributed by atoms with Crippen LogP contribution in [0.5, 0.6) is 0 Å². The molecule has 2 unspecified atom stereocenters. The minimum absolute atomic E-state index is 0.0319. The number of carbonyl (C=O) groups is 2. The Morgan fingerprint density at radius 3 is 2.10 bits per heavy atom. The summed E-state index contributed by atoms with van der Waals surface area (Å²) in [4.78, 5) is 22.7. The molecule has 0 saturated carbocycles. The molecule has 5 nitrogen and oxygen atoms in total. The third-order valence-electron chi connectivity index (χ3n) is 6.41. The molecule has 0 aliphatic carbocycles. The second-order valence-electron chi connectivity index (χ2n) is 9.19. The van der Waals surface area contributed by atoms with Gasteiger partial charge in [0, 0.05) is 20.3 Å². The van der Waals surface area contributed by atoms with Crippen LogP contribution >= 0.6 is 0 Å². The molecule has 0 bridgehead atoms. The summed E-state index contributed by atoms with van der Waals surface area (Å²) < 4.78 is 10.6. The summed E-state index contributed by atoms with van der Waals surface area (Å²) in [5.41, 5.74) is -0.772. The molecule has 30 heavy (non-hydrogen) atoms. The highest BCUT2D eigenvalue weighted by Crippen LogP contribution is 2.36. The Bertz CT molecular complexity index is 478. The third-order valence-corrected chi connectivity index (χ3v) is 6.41. The molecule has 0 aromatic carbocycles. The Balaban J connectivity index is 5.16. The van der Waals surface area contributed by atoms with Crippen LogP contribution in [0, 0.1) is 17.8 Å². The van der Waals surface area contributed by atoms with Crippen molar-refractivity contribution in [1.82, 2.24) is 0 Å². The molecule has 1 N–H and O–H groups in total. The number of carbonyl (C=O) groups excluding carboxylic acids is 2. The fourth-order valence-electron chi connectivity index (χ4n) is 4.49. The number of hydrogen-bond acceptors (Lipinski definition) is 5. The minimum atomic E-state index is -0.772. The highest BCUT2D eigenvalue weighted by Gasteiger charge is 2.35. The molecule has 0 saturated heterocycles. The quantitative estimate of drug-likeness (QED) is 0.285. The SMILES string of the molecule is CCCCC(C)CC(CC)C[C@@](O)(CC)C[C@H](CC)[C@H](CCOC(C)=O)OC(C)=O. The Morgan fingerprint density at radius 2 is 1.63 bits per heavy atom. The van der Waals surface area contributed by atoms with Crippen LogP contribution in [0.4, 0.5) is 0 Å². The standard InChI is InChI=1S/C25H48O5/c1-8-12-13-19(5)16-22(9-2)17-25(28,11-4)18-23(10-3)24(30-21(7)27)14-15-29-20(6)26/h19,22-24,28H,8-18H2,1-7H3/t19?,22?,23-,24-,25-/m0/s1. The van der Waals surface area contributed by atoms with Crippen LogP contribution < -0.4 is 0 Å². The van der Waals surface area contributed by atoms with Crippen molar-refractivity contribution in [1.29, 1.82) is 0 Å². The number of rotatable bonds is 17. The van der Waals surface area contributed by atoms with Crippen LogP contribution in [0.1, 0.15) is 113 Å². The van der Waals surface area contributed by atoms with Crippen LogP contribution in [0.3, 0.4) is 0 Å². The Hall–Kier alpha value is -1.10. The maximum absolute atomic E-state index is 11.6.